The number of hydrogen-bond acceptors (Lipinski definition) is 6. The molecule has 0 amide bonds. The van der Waals surface area contributed by atoms with Gasteiger partial charge in [0.1, 0.15) is 22.8 Å². The van der Waals surface area contributed by atoms with Crippen LogP contribution in [-0.4, -0.2) is 42.1 Å². The van der Waals surface area contributed by atoms with Crippen LogP contribution in [0.1, 0.15) is 27.2 Å². The number of aromatic nitrogens is 3. The number of rotatable bonds is 10. The van der Waals surface area contributed by atoms with E-state index in [2.05, 4.69) is 22.4 Å². The molecular weight excluding hydrogens is 418 g/mol. The minimum Gasteiger partial charge on any atom is -0.497 e. The van der Waals surface area contributed by atoms with Gasteiger partial charge in [0.05, 0.1) is 33.6 Å². The lowest BCUT2D eigenvalue weighted by Crippen LogP contribution is -2.34. The zero-order valence-electron chi connectivity index (χ0n) is 18.5. The first kappa shape index (κ1) is 22.2. The molecule has 168 valence electrons. The Kier molecular flexibility index (Phi) is 6.80. The summed E-state index contributed by atoms with van der Waals surface area (Å²) >= 11 is 0. The maximum absolute atomic E-state index is 10.9. The van der Waals surface area contributed by atoms with Crippen LogP contribution in [0.2, 0.25) is 0 Å². The van der Waals surface area contributed by atoms with Crippen molar-refractivity contribution in [1.82, 2.24) is 15.0 Å². The van der Waals surface area contributed by atoms with Crippen molar-refractivity contribution in [2.24, 2.45) is 0 Å². The van der Waals surface area contributed by atoms with Crippen LogP contribution in [0, 0.1) is 0 Å². The number of carbonyl (C=O) groups excluding carboxylic acids is 1. The van der Waals surface area contributed by atoms with Gasteiger partial charge in [-0.1, -0.05) is 59.8 Å². The molecule has 0 bridgehead atoms. The smallest absolute Gasteiger partial charge is 0.171 e. The average Bonchev–Trinajstić information content (AvgIpc) is 3.35. The Bertz CT molecular complexity index is 1120. The Morgan fingerprint density at radius 1 is 0.818 bits per heavy atom. The van der Waals surface area contributed by atoms with E-state index in [1.807, 2.05) is 66.7 Å². The van der Waals surface area contributed by atoms with Crippen LogP contribution in [0.25, 0.3) is 0 Å². The van der Waals surface area contributed by atoms with Gasteiger partial charge in [-0.2, -0.15) is 0 Å². The van der Waals surface area contributed by atoms with Gasteiger partial charge in [-0.3, -0.25) is 4.79 Å². The quantitative estimate of drug-likeness (QED) is 0.271. The number of aldehydes is 1. The topological polar surface area (TPSA) is 75.5 Å². The molecule has 0 atom stereocenters. The van der Waals surface area contributed by atoms with Gasteiger partial charge in [-0.25, -0.2) is 4.68 Å². The molecule has 0 aliphatic carbocycles. The van der Waals surface area contributed by atoms with Crippen LogP contribution in [0.5, 0.6) is 11.5 Å². The number of ether oxygens (including phenoxy) is 3. The third-order valence-corrected chi connectivity index (χ3v) is 5.49. The zero-order valence-corrected chi connectivity index (χ0v) is 18.5. The Morgan fingerprint density at radius 3 is 1.85 bits per heavy atom. The van der Waals surface area contributed by atoms with Gasteiger partial charge >= 0.3 is 0 Å². The minimum absolute atomic E-state index is 0.287. The average molecular weight is 444 g/mol. The van der Waals surface area contributed by atoms with E-state index in [4.69, 9.17) is 14.2 Å². The maximum atomic E-state index is 10.9. The summed E-state index contributed by atoms with van der Waals surface area (Å²) in [6, 6.07) is 25.8. The van der Waals surface area contributed by atoms with E-state index < -0.39 is 5.60 Å². The summed E-state index contributed by atoms with van der Waals surface area (Å²) in [5.74, 6) is 1.53. The molecule has 0 saturated heterocycles. The molecule has 3 aromatic carbocycles. The van der Waals surface area contributed by atoms with E-state index in [0.717, 1.165) is 28.2 Å². The van der Waals surface area contributed by atoms with Crippen LogP contribution in [0.4, 0.5) is 0 Å². The highest BCUT2D eigenvalue weighted by atomic mass is 16.5. The fourth-order valence-corrected chi connectivity index (χ4v) is 3.84. The largest absolute Gasteiger partial charge is 0.497 e. The van der Waals surface area contributed by atoms with Crippen molar-refractivity contribution in [3.8, 4) is 11.5 Å². The Balaban J connectivity index is 1.79. The molecule has 0 saturated carbocycles. The van der Waals surface area contributed by atoms with E-state index in [1.165, 1.54) is 0 Å². The number of methoxy groups -OCH3 is 2. The molecule has 0 fully saturated rings. The van der Waals surface area contributed by atoms with E-state index >= 15 is 0 Å². The van der Waals surface area contributed by atoms with Crippen LogP contribution in [0.3, 0.4) is 0 Å². The summed E-state index contributed by atoms with van der Waals surface area (Å²) in [4.78, 5) is 10.9. The third-order valence-electron chi connectivity index (χ3n) is 5.49. The van der Waals surface area contributed by atoms with E-state index in [1.54, 1.807) is 25.1 Å². The van der Waals surface area contributed by atoms with E-state index in [9.17, 15) is 4.79 Å². The maximum Gasteiger partial charge on any atom is 0.171 e. The predicted octanol–water partition coefficient (Wildman–Crippen LogP) is 4.12. The predicted molar refractivity (Wildman–Crippen MR) is 124 cm³/mol. The fraction of sp³-hybridized carbons (Fsp3) is 0.192. The molecule has 0 aliphatic rings. The van der Waals surface area contributed by atoms with Crippen molar-refractivity contribution in [1.29, 1.82) is 0 Å². The molecule has 4 aromatic rings. The Hall–Kier alpha value is -3.97. The molecule has 4 rings (SSSR count). The highest BCUT2D eigenvalue weighted by molar-refractivity contribution is 5.70. The lowest BCUT2D eigenvalue weighted by atomic mass is 9.80. The highest BCUT2D eigenvalue weighted by Crippen LogP contribution is 2.41. The lowest BCUT2D eigenvalue weighted by Gasteiger charge is -2.36. The Labute approximate surface area is 192 Å². The van der Waals surface area contributed by atoms with E-state index in [0.29, 0.717) is 19.4 Å². The normalized spacial score (nSPS) is 11.2. The molecule has 1 heterocycles. The molecule has 33 heavy (non-hydrogen) atoms. The fourth-order valence-electron chi connectivity index (χ4n) is 3.84. The summed E-state index contributed by atoms with van der Waals surface area (Å²) in [7, 11) is 3.29. The summed E-state index contributed by atoms with van der Waals surface area (Å²) in [6.07, 6.45) is 2.27. The SMILES string of the molecule is COc1ccc(C(OCCn2cc(C=O)nn2)(c2ccccc2)c2ccc(OC)cc2)cc1. The molecule has 0 unspecified atom stereocenters. The standard InChI is InChI=1S/C26H25N3O4/c1-31-24-12-8-21(9-13-24)26(20-6-4-3-5-7-20,22-10-14-25(32-2)15-11-22)33-17-16-29-18-23(19-30)27-28-29/h3-15,18-19H,16-17H2,1-2H3. The van der Waals surface area contributed by atoms with Gasteiger partial charge in [0.25, 0.3) is 0 Å². The zero-order chi connectivity index (χ0) is 23.1. The van der Waals surface area contributed by atoms with Crippen molar-refractivity contribution < 1.29 is 19.0 Å². The molecular formula is C26H25N3O4. The second-order valence-electron chi connectivity index (χ2n) is 7.38. The Morgan fingerprint density at radius 2 is 1.36 bits per heavy atom. The van der Waals surface area contributed by atoms with Gasteiger partial charge in [-0.05, 0) is 41.0 Å². The van der Waals surface area contributed by atoms with Gasteiger partial charge in [0, 0.05) is 0 Å². The summed E-state index contributed by atoms with van der Waals surface area (Å²) in [6.45, 7) is 0.760. The first-order chi connectivity index (χ1) is 16.2. The summed E-state index contributed by atoms with van der Waals surface area (Å²) in [5.41, 5.74) is 2.27. The molecule has 0 radical (unpaired) electrons. The molecule has 7 heteroatoms. The van der Waals surface area contributed by atoms with Crippen molar-refractivity contribution in [3.05, 3.63) is 107 Å². The lowest BCUT2D eigenvalue weighted by molar-refractivity contribution is 0.00691. The van der Waals surface area contributed by atoms with Crippen molar-refractivity contribution in [2.45, 2.75) is 12.1 Å². The van der Waals surface area contributed by atoms with Crippen LogP contribution in [-0.2, 0) is 16.9 Å². The van der Waals surface area contributed by atoms with Gasteiger partial charge < -0.3 is 14.2 Å². The summed E-state index contributed by atoms with van der Waals surface area (Å²) in [5, 5.41) is 7.82. The first-order valence-corrected chi connectivity index (χ1v) is 10.5. The minimum atomic E-state index is -0.895. The van der Waals surface area contributed by atoms with Crippen LogP contribution in [0.15, 0.2) is 85.1 Å². The van der Waals surface area contributed by atoms with E-state index in [-0.39, 0.29) is 5.69 Å². The van der Waals surface area contributed by atoms with Crippen molar-refractivity contribution in [2.75, 3.05) is 20.8 Å². The van der Waals surface area contributed by atoms with Crippen LogP contribution >= 0.6 is 0 Å². The number of hydrogen-bond donors (Lipinski definition) is 0. The molecule has 7 nitrogen and oxygen atoms in total. The monoisotopic (exact) mass is 443 g/mol. The van der Waals surface area contributed by atoms with Crippen molar-refractivity contribution in [3.63, 3.8) is 0 Å². The third kappa shape index (κ3) is 4.63. The van der Waals surface area contributed by atoms with Crippen LogP contribution < -0.4 is 9.47 Å². The first-order valence-electron chi connectivity index (χ1n) is 10.5. The van der Waals surface area contributed by atoms with Crippen molar-refractivity contribution >= 4 is 6.29 Å². The molecule has 0 spiro atoms. The molecule has 1 aromatic heterocycles. The number of carbonyl (C=O) groups is 1. The van der Waals surface area contributed by atoms with Gasteiger partial charge in [0.15, 0.2) is 6.29 Å². The van der Waals surface area contributed by atoms with Gasteiger partial charge in [0.2, 0.25) is 0 Å². The molecule has 0 aliphatic heterocycles. The number of nitrogens with zero attached hydrogens (tertiary/aromatic N) is 3. The number of benzene rings is 3. The van der Waals surface area contributed by atoms with Gasteiger partial charge in [-0.15, -0.1) is 5.10 Å². The molecule has 0 N–H and O–H groups in total. The highest BCUT2D eigenvalue weighted by Gasteiger charge is 2.37. The second-order valence-corrected chi connectivity index (χ2v) is 7.38. The second kappa shape index (κ2) is 10.1. The summed E-state index contributed by atoms with van der Waals surface area (Å²) < 4.78 is 19.1.